The van der Waals surface area contributed by atoms with Crippen molar-refractivity contribution in [2.24, 2.45) is 5.92 Å². The van der Waals surface area contributed by atoms with Crippen LogP contribution in [0.15, 0.2) is 18.2 Å². The van der Waals surface area contributed by atoms with Crippen LogP contribution < -0.4 is 10.1 Å². The minimum absolute atomic E-state index is 0.0458. The predicted octanol–water partition coefficient (Wildman–Crippen LogP) is 3.66. The molecule has 1 saturated carbocycles. The first-order chi connectivity index (χ1) is 9.85. The zero-order chi connectivity index (χ0) is 15.5. The van der Waals surface area contributed by atoms with E-state index >= 15 is 0 Å². The van der Waals surface area contributed by atoms with Gasteiger partial charge in [-0.15, -0.1) is 0 Å². The van der Waals surface area contributed by atoms with Crippen molar-refractivity contribution in [2.75, 3.05) is 6.61 Å². The minimum atomic E-state index is -0.365. The van der Waals surface area contributed by atoms with E-state index < -0.39 is 0 Å². The summed E-state index contributed by atoms with van der Waals surface area (Å²) in [7, 11) is 0. The quantitative estimate of drug-likeness (QED) is 0.642. The molecule has 5 nitrogen and oxygen atoms in total. The lowest BCUT2D eigenvalue weighted by Gasteiger charge is -2.26. The molecule has 1 aromatic carbocycles. The van der Waals surface area contributed by atoms with Gasteiger partial charge in [0.1, 0.15) is 5.75 Å². The molecule has 2 rings (SSSR count). The molecule has 1 fully saturated rings. The van der Waals surface area contributed by atoms with E-state index in [1.807, 2.05) is 0 Å². The monoisotopic (exact) mass is 292 g/mol. The molecule has 0 spiro atoms. The Kier molecular flexibility index (Phi) is 4.83. The largest absolute Gasteiger partial charge is 0.493 e. The molecule has 5 heteroatoms. The van der Waals surface area contributed by atoms with Gasteiger partial charge in [0, 0.05) is 29.8 Å². The van der Waals surface area contributed by atoms with Gasteiger partial charge in [-0.1, -0.05) is 6.42 Å². The van der Waals surface area contributed by atoms with E-state index in [0.717, 1.165) is 11.3 Å². The van der Waals surface area contributed by atoms with E-state index in [1.54, 1.807) is 12.1 Å². The van der Waals surface area contributed by atoms with E-state index in [9.17, 15) is 10.1 Å². The van der Waals surface area contributed by atoms with Crippen LogP contribution in [0.2, 0.25) is 0 Å². The maximum absolute atomic E-state index is 10.9. The van der Waals surface area contributed by atoms with Gasteiger partial charge >= 0.3 is 0 Å². The Hall–Kier alpha value is -1.62. The average Bonchev–Trinajstić information content (AvgIpc) is 2.34. The van der Waals surface area contributed by atoms with Crippen molar-refractivity contribution in [2.45, 2.75) is 52.1 Å². The number of benzene rings is 1. The van der Waals surface area contributed by atoms with Gasteiger partial charge < -0.3 is 10.1 Å². The number of nitrogens with zero attached hydrogens (tertiary/aromatic N) is 1. The lowest BCUT2D eigenvalue weighted by molar-refractivity contribution is -0.384. The molecule has 0 unspecified atom stereocenters. The Labute approximate surface area is 125 Å². The summed E-state index contributed by atoms with van der Waals surface area (Å²) < 4.78 is 5.88. The third-order valence-electron chi connectivity index (χ3n) is 3.76. The molecule has 0 heterocycles. The molecule has 0 bridgehead atoms. The number of nitro groups is 1. The van der Waals surface area contributed by atoms with E-state index in [4.69, 9.17) is 4.74 Å². The standard InChI is InChI=1S/C16H24N2O3/c1-16(2,3)17-10-13-9-14(18(19)20)7-8-15(13)21-11-12-5-4-6-12/h7-9,12,17H,4-6,10-11H2,1-3H3. The Balaban J connectivity index is 2.10. The molecule has 1 N–H and O–H groups in total. The summed E-state index contributed by atoms with van der Waals surface area (Å²) in [6, 6.07) is 4.84. The van der Waals surface area contributed by atoms with Crippen LogP contribution in [0.5, 0.6) is 5.75 Å². The zero-order valence-corrected chi connectivity index (χ0v) is 13.0. The number of ether oxygens (including phenoxy) is 1. The number of nitro benzene ring substituents is 1. The van der Waals surface area contributed by atoms with Crippen LogP contribution in [-0.4, -0.2) is 17.1 Å². The van der Waals surface area contributed by atoms with Crippen molar-refractivity contribution in [3.8, 4) is 5.75 Å². The fourth-order valence-electron chi connectivity index (χ4n) is 2.19. The summed E-state index contributed by atoms with van der Waals surface area (Å²) in [4.78, 5) is 10.6. The first kappa shape index (κ1) is 15.8. The van der Waals surface area contributed by atoms with Gasteiger partial charge in [0.25, 0.3) is 5.69 Å². The summed E-state index contributed by atoms with van der Waals surface area (Å²) >= 11 is 0. The van der Waals surface area contributed by atoms with Crippen LogP contribution in [0, 0.1) is 16.0 Å². The second-order valence-electron chi connectivity index (χ2n) is 6.76. The van der Waals surface area contributed by atoms with Gasteiger partial charge in [-0.25, -0.2) is 0 Å². The number of non-ortho nitro benzene ring substituents is 1. The van der Waals surface area contributed by atoms with E-state index in [2.05, 4.69) is 26.1 Å². The van der Waals surface area contributed by atoms with Crippen LogP contribution in [-0.2, 0) is 6.54 Å². The van der Waals surface area contributed by atoms with Crippen LogP contribution >= 0.6 is 0 Å². The Bertz CT molecular complexity index is 505. The molecule has 0 aromatic heterocycles. The SMILES string of the molecule is CC(C)(C)NCc1cc([N+](=O)[O-])ccc1OCC1CCC1. The molecule has 0 atom stereocenters. The highest BCUT2D eigenvalue weighted by Crippen LogP contribution is 2.29. The van der Waals surface area contributed by atoms with Crippen LogP contribution in [0.4, 0.5) is 5.69 Å². The second kappa shape index (κ2) is 6.43. The fourth-order valence-corrected chi connectivity index (χ4v) is 2.19. The summed E-state index contributed by atoms with van der Waals surface area (Å²) in [6.07, 6.45) is 3.73. The van der Waals surface area contributed by atoms with Crippen molar-refractivity contribution >= 4 is 5.69 Å². The lowest BCUT2D eigenvalue weighted by Crippen LogP contribution is -2.35. The fraction of sp³-hybridized carbons (Fsp3) is 0.625. The van der Waals surface area contributed by atoms with Gasteiger partial charge in [0.05, 0.1) is 11.5 Å². The van der Waals surface area contributed by atoms with Crippen molar-refractivity contribution in [3.63, 3.8) is 0 Å². The van der Waals surface area contributed by atoms with Gasteiger partial charge in [0.2, 0.25) is 0 Å². The number of hydrogen-bond donors (Lipinski definition) is 1. The topological polar surface area (TPSA) is 64.4 Å². The molecule has 1 aliphatic rings. The molecule has 0 amide bonds. The van der Waals surface area contributed by atoms with Crippen molar-refractivity contribution < 1.29 is 9.66 Å². The summed E-state index contributed by atoms with van der Waals surface area (Å²) in [5.41, 5.74) is 0.908. The van der Waals surface area contributed by atoms with Crippen molar-refractivity contribution in [1.82, 2.24) is 5.32 Å². The Morgan fingerprint density at radius 3 is 2.62 bits per heavy atom. The third kappa shape index (κ3) is 4.70. The number of hydrogen-bond acceptors (Lipinski definition) is 4. The summed E-state index contributed by atoms with van der Waals surface area (Å²) in [6.45, 7) is 7.48. The third-order valence-corrected chi connectivity index (χ3v) is 3.76. The molecule has 21 heavy (non-hydrogen) atoms. The minimum Gasteiger partial charge on any atom is -0.493 e. The van der Waals surface area contributed by atoms with Crippen LogP contribution in [0.3, 0.4) is 0 Å². The van der Waals surface area contributed by atoms with Crippen molar-refractivity contribution in [3.05, 3.63) is 33.9 Å². The summed E-state index contributed by atoms with van der Waals surface area (Å²) in [5.74, 6) is 1.40. The molecular weight excluding hydrogens is 268 g/mol. The summed E-state index contributed by atoms with van der Waals surface area (Å²) in [5, 5.41) is 14.3. The molecular formula is C16H24N2O3. The Morgan fingerprint density at radius 1 is 1.38 bits per heavy atom. The first-order valence-electron chi connectivity index (χ1n) is 7.50. The van der Waals surface area contributed by atoms with Crippen molar-refractivity contribution in [1.29, 1.82) is 0 Å². The smallest absolute Gasteiger partial charge is 0.270 e. The Morgan fingerprint density at radius 2 is 2.10 bits per heavy atom. The normalized spacial score (nSPS) is 15.6. The molecule has 1 aromatic rings. The molecule has 0 radical (unpaired) electrons. The van der Waals surface area contributed by atoms with E-state index in [1.165, 1.54) is 25.3 Å². The number of rotatable bonds is 6. The van der Waals surface area contributed by atoms with Gasteiger partial charge in [-0.3, -0.25) is 10.1 Å². The van der Waals surface area contributed by atoms with Crippen LogP contribution in [0.25, 0.3) is 0 Å². The highest BCUT2D eigenvalue weighted by molar-refractivity contribution is 5.43. The van der Waals surface area contributed by atoms with Gasteiger partial charge in [0.15, 0.2) is 0 Å². The molecule has 0 aliphatic heterocycles. The highest BCUT2D eigenvalue weighted by Gasteiger charge is 2.20. The van der Waals surface area contributed by atoms with Gasteiger partial charge in [-0.05, 0) is 45.6 Å². The van der Waals surface area contributed by atoms with Gasteiger partial charge in [-0.2, -0.15) is 0 Å². The number of nitrogens with one attached hydrogen (secondary N) is 1. The average molecular weight is 292 g/mol. The highest BCUT2D eigenvalue weighted by atomic mass is 16.6. The first-order valence-corrected chi connectivity index (χ1v) is 7.50. The molecule has 0 saturated heterocycles. The maximum atomic E-state index is 10.9. The van der Waals surface area contributed by atoms with E-state index in [0.29, 0.717) is 19.1 Å². The maximum Gasteiger partial charge on any atom is 0.270 e. The zero-order valence-electron chi connectivity index (χ0n) is 13.0. The predicted molar refractivity (Wildman–Crippen MR) is 82.5 cm³/mol. The second-order valence-corrected chi connectivity index (χ2v) is 6.76. The molecule has 116 valence electrons. The van der Waals surface area contributed by atoms with E-state index in [-0.39, 0.29) is 16.1 Å². The van der Waals surface area contributed by atoms with Crippen LogP contribution in [0.1, 0.15) is 45.6 Å². The lowest BCUT2D eigenvalue weighted by atomic mass is 9.86. The molecule has 1 aliphatic carbocycles.